The highest BCUT2D eigenvalue weighted by Crippen LogP contribution is 2.33. The summed E-state index contributed by atoms with van der Waals surface area (Å²) in [7, 11) is 0. The quantitative estimate of drug-likeness (QED) is 0.421. The summed E-state index contributed by atoms with van der Waals surface area (Å²) in [5.74, 6) is 0. The van der Waals surface area contributed by atoms with E-state index in [-0.39, 0.29) is 0 Å². The molecule has 4 heterocycles. The van der Waals surface area contributed by atoms with E-state index in [1.54, 1.807) is 6.20 Å². The van der Waals surface area contributed by atoms with Crippen LogP contribution in [0.2, 0.25) is 0 Å². The van der Waals surface area contributed by atoms with Gasteiger partial charge >= 0.3 is 0 Å². The van der Waals surface area contributed by atoms with Crippen molar-refractivity contribution in [3.63, 3.8) is 0 Å². The van der Waals surface area contributed by atoms with Crippen LogP contribution in [0.3, 0.4) is 0 Å². The molecule has 0 unspecified atom stereocenters. The SMILES string of the molecule is c1cnc2c(c1)[nH]c1cc(-c3ccc4c(c3)oc3ccccc34)cnc12. The minimum absolute atomic E-state index is 0.891. The van der Waals surface area contributed by atoms with Gasteiger partial charge < -0.3 is 9.40 Å². The van der Waals surface area contributed by atoms with Crippen LogP contribution >= 0.6 is 0 Å². The molecule has 122 valence electrons. The van der Waals surface area contributed by atoms with Crippen LogP contribution in [-0.4, -0.2) is 15.0 Å². The van der Waals surface area contributed by atoms with Crippen LogP contribution in [0.1, 0.15) is 0 Å². The van der Waals surface area contributed by atoms with Gasteiger partial charge in [0.25, 0.3) is 0 Å². The molecule has 0 amide bonds. The molecule has 0 spiro atoms. The summed E-state index contributed by atoms with van der Waals surface area (Å²) >= 11 is 0. The molecule has 0 atom stereocenters. The molecule has 4 aromatic heterocycles. The number of H-pyrrole nitrogens is 1. The van der Waals surface area contributed by atoms with E-state index in [0.717, 1.165) is 55.1 Å². The van der Waals surface area contributed by atoms with E-state index in [0.29, 0.717) is 0 Å². The van der Waals surface area contributed by atoms with Gasteiger partial charge in [0.05, 0.1) is 11.0 Å². The number of rotatable bonds is 1. The Morgan fingerprint density at radius 3 is 2.58 bits per heavy atom. The first-order valence-corrected chi connectivity index (χ1v) is 8.51. The number of fused-ring (bicyclic) bond motifs is 6. The Hall–Kier alpha value is -3.66. The smallest absolute Gasteiger partial charge is 0.136 e. The van der Waals surface area contributed by atoms with Crippen molar-refractivity contribution in [2.45, 2.75) is 0 Å². The van der Waals surface area contributed by atoms with Crippen LogP contribution in [-0.2, 0) is 0 Å². The van der Waals surface area contributed by atoms with Gasteiger partial charge in [-0.2, -0.15) is 0 Å². The van der Waals surface area contributed by atoms with Gasteiger partial charge in [0.2, 0.25) is 0 Å². The first kappa shape index (κ1) is 13.6. The standard InChI is InChI=1S/C22H13N3O/c1-2-6-19-15(4-1)16-8-7-13(11-20(16)26-19)14-10-18-22(24-12-14)21-17(25-18)5-3-9-23-21/h1-12,25H. The lowest BCUT2D eigenvalue weighted by molar-refractivity contribution is 0.669. The van der Waals surface area contributed by atoms with E-state index in [9.17, 15) is 0 Å². The number of furan rings is 1. The molecule has 0 radical (unpaired) electrons. The predicted molar refractivity (Wildman–Crippen MR) is 104 cm³/mol. The second-order valence-corrected chi connectivity index (χ2v) is 6.45. The van der Waals surface area contributed by atoms with Gasteiger partial charge in [-0.15, -0.1) is 0 Å². The van der Waals surface area contributed by atoms with Crippen molar-refractivity contribution in [1.82, 2.24) is 15.0 Å². The van der Waals surface area contributed by atoms with Gasteiger partial charge in [0, 0.05) is 28.7 Å². The van der Waals surface area contributed by atoms with Crippen LogP contribution in [0.25, 0.3) is 55.1 Å². The summed E-state index contributed by atoms with van der Waals surface area (Å²) in [6, 6.07) is 20.5. The number of hydrogen-bond acceptors (Lipinski definition) is 3. The molecule has 6 rings (SSSR count). The number of para-hydroxylation sites is 1. The molecule has 0 bridgehead atoms. The first-order chi connectivity index (χ1) is 12.9. The molecule has 0 saturated carbocycles. The average molecular weight is 335 g/mol. The van der Waals surface area contributed by atoms with E-state index in [4.69, 9.17) is 4.42 Å². The molecular weight excluding hydrogens is 322 g/mol. The molecule has 26 heavy (non-hydrogen) atoms. The zero-order valence-electron chi connectivity index (χ0n) is 13.7. The van der Waals surface area contributed by atoms with E-state index >= 15 is 0 Å². The van der Waals surface area contributed by atoms with Gasteiger partial charge in [-0.3, -0.25) is 9.97 Å². The summed E-state index contributed by atoms with van der Waals surface area (Å²) in [5, 5.41) is 2.28. The lowest BCUT2D eigenvalue weighted by Gasteiger charge is -2.01. The Bertz CT molecular complexity index is 1330. The van der Waals surface area contributed by atoms with Gasteiger partial charge in [-0.05, 0) is 42.0 Å². The molecule has 6 aromatic rings. The second-order valence-electron chi connectivity index (χ2n) is 6.45. The molecule has 4 nitrogen and oxygen atoms in total. The molecule has 0 aliphatic carbocycles. The summed E-state index contributed by atoms with van der Waals surface area (Å²) in [4.78, 5) is 12.5. The largest absolute Gasteiger partial charge is 0.456 e. The Kier molecular flexibility index (Phi) is 2.58. The third kappa shape index (κ3) is 1.84. The Morgan fingerprint density at radius 1 is 0.692 bits per heavy atom. The maximum Gasteiger partial charge on any atom is 0.136 e. The fourth-order valence-electron chi connectivity index (χ4n) is 3.65. The summed E-state index contributed by atoms with van der Waals surface area (Å²) in [6.45, 7) is 0. The van der Waals surface area contributed by atoms with Crippen LogP contribution < -0.4 is 0 Å². The Morgan fingerprint density at radius 2 is 1.58 bits per heavy atom. The zero-order valence-corrected chi connectivity index (χ0v) is 13.7. The molecule has 4 heteroatoms. The van der Waals surface area contributed by atoms with E-state index < -0.39 is 0 Å². The van der Waals surface area contributed by atoms with Crippen molar-refractivity contribution in [1.29, 1.82) is 0 Å². The highest BCUT2D eigenvalue weighted by molar-refractivity contribution is 6.06. The second kappa shape index (κ2) is 4.92. The third-order valence-corrected chi connectivity index (χ3v) is 4.90. The van der Waals surface area contributed by atoms with Crippen molar-refractivity contribution in [3.8, 4) is 11.1 Å². The van der Waals surface area contributed by atoms with Gasteiger partial charge in [0.1, 0.15) is 22.2 Å². The normalized spacial score (nSPS) is 11.8. The lowest BCUT2D eigenvalue weighted by atomic mass is 10.0. The number of hydrogen-bond donors (Lipinski definition) is 1. The maximum atomic E-state index is 6.01. The molecule has 0 fully saturated rings. The molecular formula is C22H13N3O. The third-order valence-electron chi connectivity index (χ3n) is 4.90. The summed E-state index contributed by atoms with van der Waals surface area (Å²) in [5.41, 5.74) is 7.72. The minimum atomic E-state index is 0.891. The van der Waals surface area contributed by atoms with E-state index in [1.807, 2.05) is 36.5 Å². The fourth-order valence-corrected chi connectivity index (χ4v) is 3.65. The molecule has 0 aliphatic rings. The van der Waals surface area contributed by atoms with Gasteiger partial charge in [-0.1, -0.05) is 24.3 Å². The van der Waals surface area contributed by atoms with E-state index in [1.165, 1.54) is 0 Å². The Balaban J connectivity index is 1.57. The monoisotopic (exact) mass is 335 g/mol. The molecule has 0 aliphatic heterocycles. The average Bonchev–Trinajstić information content (AvgIpc) is 3.24. The molecule has 1 N–H and O–H groups in total. The summed E-state index contributed by atoms with van der Waals surface area (Å²) < 4.78 is 6.01. The van der Waals surface area contributed by atoms with Crippen LogP contribution in [0, 0.1) is 0 Å². The minimum Gasteiger partial charge on any atom is -0.456 e. The van der Waals surface area contributed by atoms with Crippen LogP contribution in [0.5, 0.6) is 0 Å². The van der Waals surface area contributed by atoms with Crippen molar-refractivity contribution >= 4 is 44.0 Å². The molecule has 0 saturated heterocycles. The van der Waals surface area contributed by atoms with Crippen molar-refractivity contribution < 1.29 is 4.42 Å². The van der Waals surface area contributed by atoms with E-state index in [2.05, 4.69) is 45.3 Å². The highest BCUT2D eigenvalue weighted by atomic mass is 16.3. The van der Waals surface area contributed by atoms with Gasteiger partial charge in [-0.25, -0.2) is 0 Å². The topological polar surface area (TPSA) is 54.7 Å². The van der Waals surface area contributed by atoms with Crippen LogP contribution in [0.4, 0.5) is 0 Å². The maximum absolute atomic E-state index is 6.01. The number of nitrogens with one attached hydrogen (secondary N) is 1. The fraction of sp³-hybridized carbons (Fsp3) is 0. The van der Waals surface area contributed by atoms with Gasteiger partial charge in [0.15, 0.2) is 0 Å². The Labute approximate surface area is 148 Å². The number of aromatic nitrogens is 3. The predicted octanol–water partition coefficient (Wildman–Crippen LogP) is 5.68. The highest BCUT2D eigenvalue weighted by Gasteiger charge is 2.10. The number of benzene rings is 2. The number of nitrogens with zero attached hydrogens (tertiary/aromatic N) is 2. The number of pyridine rings is 2. The zero-order chi connectivity index (χ0) is 17.1. The van der Waals surface area contributed by atoms with Crippen LogP contribution in [0.15, 0.2) is 77.5 Å². The van der Waals surface area contributed by atoms with Crippen molar-refractivity contribution in [3.05, 3.63) is 73.1 Å². The molecule has 2 aromatic carbocycles. The summed E-state index contributed by atoms with van der Waals surface area (Å²) in [6.07, 6.45) is 3.69. The van der Waals surface area contributed by atoms with Crippen molar-refractivity contribution in [2.75, 3.05) is 0 Å². The first-order valence-electron chi connectivity index (χ1n) is 8.51. The lowest BCUT2D eigenvalue weighted by Crippen LogP contribution is -1.82. The van der Waals surface area contributed by atoms with Crippen molar-refractivity contribution in [2.24, 2.45) is 0 Å². The number of aromatic amines is 1.